The molecule has 1 aliphatic carbocycles. The third kappa shape index (κ3) is 2.73. The van der Waals surface area contributed by atoms with Crippen LogP contribution in [0.3, 0.4) is 0 Å². The molecule has 3 rings (SSSR count). The Hall–Kier alpha value is -1.55. The van der Waals surface area contributed by atoms with Crippen LogP contribution in [0.15, 0.2) is 18.2 Å². The summed E-state index contributed by atoms with van der Waals surface area (Å²) in [6.45, 7) is 3.27. The smallest absolute Gasteiger partial charge is 0.337 e. The van der Waals surface area contributed by atoms with Crippen LogP contribution in [0.25, 0.3) is 0 Å². The predicted octanol–water partition coefficient (Wildman–Crippen LogP) is 2.19. The fraction of sp³-hybridized carbons (Fsp3) is 0.533. The van der Waals surface area contributed by atoms with Crippen molar-refractivity contribution in [3.63, 3.8) is 0 Å². The lowest BCUT2D eigenvalue weighted by Gasteiger charge is -2.29. The van der Waals surface area contributed by atoms with Gasteiger partial charge in [-0.1, -0.05) is 0 Å². The number of methoxy groups -OCH3 is 1. The van der Waals surface area contributed by atoms with Gasteiger partial charge < -0.3 is 14.4 Å². The maximum absolute atomic E-state index is 11.8. The van der Waals surface area contributed by atoms with Gasteiger partial charge in [0.15, 0.2) is 0 Å². The zero-order valence-corrected chi connectivity index (χ0v) is 11.2. The van der Waals surface area contributed by atoms with Crippen LogP contribution < -0.4 is 4.90 Å². The van der Waals surface area contributed by atoms with E-state index in [1.165, 1.54) is 25.5 Å². The summed E-state index contributed by atoms with van der Waals surface area (Å²) < 4.78 is 10.2. The molecule has 0 spiro atoms. The second kappa shape index (κ2) is 5.21. The van der Waals surface area contributed by atoms with Crippen molar-refractivity contribution in [1.82, 2.24) is 0 Å². The Balaban J connectivity index is 1.92. The van der Waals surface area contributed by atoms with E-state index in [-0.39, 0.29) is 5.97 Å². The van der Waals surface area contributed by atoms with Crippen molar-refractivity contribution >= 4 is 11.7 Å². The number of ether oxygens (including phenoxy) is 2. The van der Waals surface area contributed by atoms with E-state index in [1.54, 1.807) is 0 Å². The number of carbonyl (C=O) groups is 1. The number of morpholine rings is 1. The van der Waals surface area contributed by atoms with E-state index < -0.39 is 0 Å². The molecule has 0 unspecified atom stereocenters. The lowest BCUT2D eigenvalue weighted by Crippen LogP contribution is -2.36. The van der Waals surface area contributed by atoms with Gasteiger partial charge in [0, 0.05) is 18.8 Å². The van der Waals surface area contributed by atoms with Gasteiger partial charge in [0.2, 0.25) is 0 Å². The van der Waals surface area contributed by atoms with Crippen LogP contribution in [0.2, 0.25) is 0 Å². The maximum atomic E-state index is 11.8. The zero-order valence-electron chi connectivity index (χ0n) is 11.2. The SMILES string of the molecule is COC(=O)c1cc(C2CC2)cc(N2CCOCC2)c1. The molecule has 0 radical (unpaired) electrons. The number of nitrogens with zero attached hydrogens (tertiary/aromatic N) is 1. The molecule has 0 bridgehead atoms. The molecular formula is C15H19NO3. The van der Waals surface area contributed by atoms with Gasteiger partial charge in [0.1, 0.15) is 0 Å². The summed E-state index contributed by atoms with van der Waals surface area (Å²) in [4.78, 5) is 14.1. The average Bonchev–Trinajstić information content (AvgIpc) is 3.31. The molecule has 1 aliphatic heterocycles. The van der Waals surface area contributed by atoms with Crippen LogP contribution in [-0.4, -0.2) is 39.4 Å². The summed E-state index contributed by atoms with van der Waals surface area (Å²) in [6.07, 6.45) is 2.46. The highest BCUT2D eigenvalue weighted by Crippen LogP contribution is 2.41. The second-order valence-corrected chi connectivity index (χ2v) is 5.18. The second-order valence-electron chi connectivity index (χ2n) is 5.18. The predicted molar refractivity (Wildman–Crippen MR) is 72.8 cm³/mol. The van der Waals surface area contributed by atoms with E-state index in [2.05, 4.69) is 11.0 Å². The molecule has 1 heterocycles. The summed E-state index contributed by atoms with van der Waals surface area (Å²) >= 11 is 0. The Morgan fingerprint density at radius 2 is 2.00 bits per heavy atom. The molecule has 0 amide bonds. The van der Waals surface area contributed by atoms with E-state index in [1.807, 2.05) is 12.1 Å². The van der Waals surface area contributed by atoms with Gasteiger partial charge in [-0.15, -0.1) is 0 Å². The minimum atomic E-state index is -0.253. The van der Waals surface area contributed by atoms with Gasteiger partial charge in [-0.05, 0) is 42.5 Å². The fourth-order valence-electron chi connectivity index (χ4n) is 2.53. The number of carbonyl (C=O) groups excluding carboxylic acids is 1. The number of rotatable bonds is 3. The third-order valence-corrected chi connectivity index (χ3v) is 3.79. The van der Waals surface area contributed by atoms with Crippen LogP contribution in [0.5, 0.6) is 0 Å². The Bertz CT molecular complexity index is 476. The maximum Gasteiger partial charge on any atom is 0.337 e. The molecule has 0 aromatic heterocycles. The Kier molecular flexibility index (Phi) is 3.42. The molecule has 1 aromatic rings. The number of benzene rings is 1. The quantitative estimate of drug-likeness (QED) is 0.782. The molecule has 4 heteroatoms. The highest BCUT2D eigenvalue weighted by atomic mass is 16.5. The summed E-state index contributed by atoms with van der Waals surface area (Å²) in [6, 6.07) is 6.13. The Labute approximate surface area is 113 Å². The Morgan fingerprint density at radius 3 is 2.63 bits per heavy atom. The van der Waals surface area contributed by atoms with Crippen LogP contribution in [0.1, 0.15) is 34.7 Å². The largest absolute Gasteiger partial charge is 0.465 e. The van der Waals surface area contributed by atoms with Crippen molar-refractivity contribution in [1.29, 1.82) is 0 Å². The summed E-state index contributed by atoms with van der Waals surface area (Å²) in [7, 11) is 1.43. The first kappa shape index (κ1) is 12.5. The number of esters is 1. The van der Waals surface area contributed by atoms with Crippen LogP contribution in [-0.2, 0) is 9.47 Å². The molecule has 0 N–H and O–H groups in total. The summed E-state index contributed by atoms with van der Waals surface area (Å²) in [5, 5.41) is 0. The molecule has 19 heavy (non-hydrogen) atoms. The van der Waals surface area contributed by atoms with Gasteiger partial charge in [-0.3, -0.25) is 0 Å². The van der Waals surface area contributed by atoms with Crippen LogP contribution >= 0.6 is 0 Å². The van der Waals surface area contributed by atoms with Crippen molar-refractivity contribution in [3.05, 3.63) is 29.3 Å². The zero-order chi connectivity index (χ0) is 13.2. The summed E-state index contributed by atoms with van der Waals surface area (Å²) in [5.41, 5.74) is 3.05. The van der Waals surface area contributed by atoms with Gasteiger partial charge in [-0.25, -0.2) is 4.79 Å². The normalized spacial score (nSPS) is 19.3. The van der Waals surface area contributed by atoms with Gasteiger partial charge in [0.25, 0.3) is 0 Å². The Morgan fingerprint density at radius 1 is 1.26 bits per heavy atom. The number of hydrogen-bond acceptors (Lipinski definition) is 4. The number of hydrogen-bond donors (Lipinski definition) is 0. The molecular weight excluding hydrogens is 242 g/mol. The van der Waals surface area contributed by atoms with E-state index in [0.717, 1.165) is 32.0 Å². The van der Waals surface area contributed by atoms with E-state index in [0.29, 0.717) is 11.5 Å². The van der Waals surface area contributed by atoms with Crippen molar-refractivity contribution in [2.45, 2.75) is 18.8 Å². The van der Waals surface area contributed by atoms with Crippen LogP contribution in [0, 0.1) is 0 Å². The standard InChI is InChI=1S/C15H19NO3/c1-18-15(17)13-8-12(11-2-3-11)9-14(10-13)16-4-6-19-7-5-16/h8-11H,2-7H2,1H3. The summed E-state index contributed by atoms with van der Waals surface area (Å²) in [5.74, 6) is 0.376. The molecule has 102 valence electrons. The van der Waals surface area contributed by atoms with Crippen molar-refractivity contribution < 1.29 is 14.3 Å². The highest BCUT2D eigenvalue weighted by molar-refractivity contribution is 5.91. The van der Waals surface area contributed by atoms with E-state index in [9.17, 15) is 4.79 Å². The molecule has 1 saturated carbocycles. The topological polar surface area (TPSA) is 38.8 Å². The molecule has 1 aromatic carbocycles. The van der Waals surface area contributed by atoms with E-state index >= 15 is 0 Å². The third-order valence-electron chi connectivity index (χ3n) is 3.79. The monoisotopic (exact) mass is 261 g/mol. The molecule has 1 saturated heterocycles. The van der Waals surface area contributed by atoms with Gasteiger partial charge >= 0.3 is 5.97 Å². The molecule has 2 fully saturated rings. The molecule has 4 nitrogen and oxygen atoms in total. The first-order valence-electron chi connectivity index (χ1n) is 6.84. The van der Waals surface area contributed by atoms with Crippen molar-refractivity contribution in [2.75, 3.05) is 38.3 Å². The number of anilines is 1. The first-order valence-corrected chi connectivity index (χ1v) is 6.84. The minimum absolute atomic E-state index is 0.253. The fourth-order valence-corrected chi connectivity index (χ4v) is 2.53. The van der Waals surface area contributed by atoms with Crippen LogP contribution in [0.4, 0.5) is 5.69 Å². The molecule has 2 aliphatic rings. The lowest BCUT2D eigenvalue weighted by atomic mass is 10.0. The van der Waals surface area contributed by atoms with Gasteiger partial charge in [0.05, 0.1) is 25.9 Å². The van der Waals surface area contributed by atoms with E-state index in [4.69, 9.17) is 9.47 Å². The minimum Gasteiger partial charge on any atom is -0.465 e. The first-order chi connectivity index (χ1) is 9.28. The average molecular weight is 261 g/mol. The molecule has 0 atom stereocenters. The highest BCUT2D eigenvalue weighted by Gasteiger charge is 2.26. The lowest BCUT2D eigenvalue weighted by molar-refractivity contribution is 0.0600. The van der Waals surface area contributed by atoms with Gasteiger partial charge in [-0.2, -0.15) is 0 Å². The van der Waals surface area contributed by atoms with Crippen molar-refractivity contribution in [3.8, 4) is 0 Å². The van der Waals surface area contributed by atoms with Crippen molar-refractivity contribution in [2.24, 2.45) is 0 Å².